The van der Waals surface area contributed by atoms with Crippen LogP contribution in [-0.4, -0.2) is 53.8 Å². The number of carbonyl (C=O) groups is 1. The molecule has 3 rings (SSSR count). The molecule has 2 heterocycles. The van der Waals surface area contributed by atoms with Gasteiger partial charge in [0.1, 0.15) is 5.78 Å². The second-order valence-electron chi connectivity index (χ2n) is 8.28. The van der Waals surface area contributed by atoms with Crippen LogP contribution in [0.25, 0.3) is 0 Å². The average Bonchev–Trinajstić information content (AvgIpc) is 2.44. The third kappa shape index (κ3) is 3.19. The van der Waals surface area contributed by atoms with E-state index >= 15 is 0 Å². The van der Waals surface area contributed by atoms with Crippen LogP contribution in [0, 0.1) is 11.3 Å². The number of rotatable bonds is 2. The lowest BCUT2D eigenvalue weighted by atomic mass is 9.71. The zero-order chi connectivity index (χ0) is 15.0. The molecule has 120 valence electrons. The predicted octanol–water partition coefficient (Wildman–Crippen LogP) is 2.94. The Balaban J connectivity index is 1.63. The van der Waals surface area contributed by atoms with Gasteiger partial charge in [-0.2, -0.15) is 0 Å². The molecule has 3 heteroatoms. The molecule has 0 aromatic rings. The van der Waals surface area contributed by atoms with E-state index in [0.29, 0.717) is 11.8 Å². The Morgan fingerprint density at radius 3 is 2.76 bits per heavy atom. The number of Topliss-reactive ketones (excluding diaryl/α,β-unsaturated/α-hetero) is 1. The van der Waals surface area contributed by atoms with Crippen LogP contribution >= 0.6 is 0 Å². The van der Waals surface area contributed by atoms with Crippen molar-refractivity contribution >= 4 is 5.78 Å². The fraction of sp³-hybridized carbons (Fsp3) is 0.944. The van der Waals surface area contributed by atoms with Crippen molar-refractivity contribution in [1.82, 2.24) is 9.80 Å². The molecule has 2 saturated heterocycles. The molecule has 3 unspecified atom stereocenters. The normalized spacial score (nSPS) is 38.2. The number of hydrogen-bond donors (Lipinski definition) is 0. The van der Waals surface area contributed by atoms with Crippen LogP contribution in [0.3, 0.4) is 0 Å². The fourth-order valence-corrected chi connectivity index (χ4v) is 4.72. The van der Waals surface area contributed by atoms with Crippen LogP contribution in [0.2, 0.25) is 0 Å². The number of piperidine rings is 1. The maximum absolute atomic E-state index is 12.7. The number of carbonyl (C=O) groups excluding carboxylic acids is 1. The van der Waals surface area contributed by atoms with Crippen LogP contribution < -0.4 is 0 Å². The number of fused-ring (bicyclic) bond motifs is 1. The molecule has 3 fully saturated rings. The van der Waals surface area contributed by atoms with Gasteiger partial charge in [-0.05, 0) is 39.2 Å². The van der Waals surface area contributed by atoms with E-state index in [1.807, 2.05) is 0 Å². The van der Waals surface area contributed by atoms with Gasteiger partial charge in [0.2, 0.25) is 0 Å². The van der Waals surface area contributed by atoms with Crippen LogP contribution in [0.15, 0.2) is 0 Å². The molecule has 2 aliphatic heterocycles. The number of piperazine rings is 1. The molecule has 21 heavy (non-hydrogen) atoms. The van der Waals surface area contributed by atoms with Crippen molar-refractivity contribution in [2.24, 2.45) is 11.3 Å². The molecular weight excluding hydrogens is 260 g/mol. The first-order chi connectivity index (χ1) is 9.97. The van der Waals surface area contributed by atoms with E-state index < -0.39 is 0 Å². The zero-order valence-corrected chi connectivity index (χ0v) is 14.1. The summed E-state index contributed by atoms with van der Waals surface area (Å²) in [6.07, 6.45) is 7.53. The summed E-state index contributed by atoms with van der Waals surface area (Å²) in [4.78, 5) is 18.0. The molecule has 1 saturated carbocycles. The molecule has 3 nitrogen and oxygen atoms in total. The molecule has 0 bridgehead atoms. The van der Waals surface area contributed by atoms with Gasteiger partial charge in [-0.15, -0.1) is 0 Å². The monoisotopic (exact) mass is 292 g/mol. The lowest BCUT2D eigenvalue weighted by Crippen LogP contribution is -2.60. The predicted molar refractivity (Wildman–Crippen MR) is 86.4 cm³/mol. The van der Waals surface area contributed by atoms with Gasteiger partial charge in [-0.1, -0.05) is 26.7 Å². The van der Waals surface area contributed by atoms with Gasteiger partial charge < -0.3 is 0 Å². The van der Waals surface area contributed by atoms with Crippen molar-refractivity contribution in [3.8, 4) is 0 Å². The highest BCUT2D eigenvalue weighted by Crippen LogP contribution is 2.36. The average molecular weight is 292 g/mol. The largest absolute Gasteiger partial charge is 0.299 e. The molecule has 3 aliphatic rings. The molecule has 3 atom stereocenters. The second-order valence-corrected chi connectivity index (χ2v) is 8.28. The van der Waals surface area contributed by atoms with E-state index in [-0.39, 0.29) is 11.3 Å². The Labute approximate surface area is 130 Å². The summed E-state index contributed by atoms with van der Waals surface area (Å²) < 4.78 is 0. The van der Waals surface area contributed by atoms with E-state index in [0.717, 1.165) is 25.4 Å². The number of nitrogens with zero attached hydrogens (tertiary/aromatic N) is 2. The minimum absolute atomic E-state index is 0.0845. The molecule has 0 aromatic heterocycles. The third-order valence-corrected chi connectivity index (χ3v) is 6.16. The maximum Gasteiger partial charge on any atom is 0.142 e. The van der Waals surface area contributed by atoms with Crippen LogP contribution in [0.5, 0.6) is 0 Å². The summed E-state index contributed by atoms with van der Waals surface area (Å²) in [5.41, 5.74) is -0.0845. The minimum atomic E-state index is -0.0845. The highest BCUT2D eigenvalue weighted by Gasteiger charge is 2.40. The summed E-state index contributed by atoms with van der Waals surface area (Å²) in [6, 6.07) is 1.36. The summed E-state index contributed by atoms with van der Waals surface area (Å²) in [5.74, 6) is 0.804. The van der Waals surface area contributed by atoms with Gasteiger partial charge in [-0.3, -0.25) is 14.6 Å². The van der Waals surface area contributed by atoms with Crippen molar-refractivity contribution in [3.63, 3.8) is 0 Å². The molecule has 0 aromatic carbocycles. The van der Waals surface area contributed by atoms with Crippen molar-refractivity contribution in [1.29, 1.82) is 0 Å². The summed E-state index contributed by atoms with van der Waals surface area (Å²) in [7, 11) is 0. The Hall–Kier alpha value is -0.410. The van der Waals surface area contributed by atoms with Gasteiger partial charge >= 0.3 is 0 Å². The van der Waals surface area contributed by atoms with Crippen LogP contribution in [0.4, 0.5) is 0 Å². The lowest BCUT2D eigenvalue weighted by molar-refractivity contribution is -0.135. The highest BCUT2D eigenvalue weighted by molar-refractivity contribution is 5.87. The third-order valence-electron chi connectivity index (χ3n) is 6.16. The molecule has 0 spiro atoms. The molecule has 1 aliphatic carbocycles. The Kier molecular flexibility index (Phi) is 4.42. The standard InChI is InChI=1S/C18H32N2O/c1-14-11-19-10-5-4-8-16(19)13-20(14)12-15-7-6-9-18(2,3)17(15)21/h14-16H,4-13H2,1-3H3. The number of hydrogen-bond acceptors (Lipinski definition) is 3. The molecule has 0 radical (unpaired) electrons. The quantitative estimate of drug-likeness (QED) is 0.782. The van der Waals surface area contributed by atoms with E-state index in [9.17, 15) is 4.79 Å². The Morgan fingerprint density at radius 1 is 1.14 bits per heavy atom. The van der Waals surface area contributed by atoms with Crippen LogP contribution in [-0.2, 0) is 4.79 Å². The SMILES string of the molecule is CC1CN2CCCCC2CN1CC1CCCC(C)(C)C1=O. The molecular formula is C18H32N2O. The molecule has 0 amide bonds. The van der Waals surface area contributed by atoms with Gasteiger partial charge in [0, 0.05) is 43.1 Å². The number of ketones is 1. The first-order valence-electron chi connectivity index (χ1n) is 9.00. The van der Waals surface area contributed by atoms with Gasteiger partial charge in [0.05, 0.1) is 0 Å². The summed E-state index contributed by atoms with van der Waals surface area (Å²) in [5, 5.41) is 0. The topological polar surface area (TPSA) is 23.6 Å². The first-order valence-corrected chi connectivity index (χ1v) is 9.00. The smallest absolute Gasteiger partial charge is 0.142 e. The highest BCUT2D eigenvalue weighted by atomic mass is 16.1. The fourth-order valence-electron chi connectivity index (χ4n) is 4.72. The lowest BCUT2D eigenvalue weighted by Gasteiger charge is -2.49. The summed E-state index contributed by atoms with van der Waals surface area (Å²) >= 11 is 0. The minimum Gasteiger partial charge on any atom is -0.299 e. The zero-order valence-electron chi connectivity index (χ0n) is 14.1. The van der Waals surface area contributed by atoms with Crippen LogP contribution in [0.1, 0.15) is 59.3 Å². The van der Waals surface area contributed by atoms with Crippen molar-refractivity contribution in [3.05, 3.63) is 0 Å². The van der Waals surface area contributed by atoms with E-state index in [1.54, 1.807) is 0 Å². The molecule has 0 N–H and O–H groups in total. The van der Waals surface area contributed by atoms with Gasteiger partial charge in [-0.25, -0.2) is 0 Å². The Morgan fingerprint density at radius 2 is 1.95 bits per heavy atom. The van der Waals surface area contributed by atoms with E-state index in [1.165, 1.54) is 45.3 Å². The first kappa shape index (κ1) is 15.5. The van der Waals surface area contributed by atoms with E-state index in [2.05, 4.69) is 30.6 Å². The Bertz CT molecular complexity index is 393. The van der Waals surface area contributed by atoms with E-state index in [4.69, 9.17) is 0 Å². The van der Waals surface area contributed by atoms with Gasteiger partial charge in [0.15, 0.2) is 0 Å². The summed E-state index contributed by atoms with van der Waals surface area (Å²) in [6.45, 7) is 11.3. The van der Waals surface area contributed by atoms with Crippen molar-refractivity contribution in [2.45, 2.75) is 71.4 Å². The van der Waals surface area contributed by atoms with Gasteiger partial charge in [0.25, 0.3) is 0 Å². The second kappa shape index (κ2) is 6.00. The van der Waals surface area contributed by atoms with Crippen molar-refractivity contribution < 1.29 is 4.79 Å². The van der Waals surface area contributed by atoms with Crippen molar-refractivity contribution in [2.75, 3.05) is 26.2 Å². The maximum atomic E-state index is 12.7.